The van der Waals surface area contributed by atoms with Crippen molar-refractivity contribution in [2.75, 3.05) is 37.8 Å². The number of aromatic nitrogens is 3. The lowest BCUT2D eigenvalue weighted by Crippen LogP contribution is -2.40. The van der Waals surface area contributed by atoms with E-state index in [0.717, 1.165) is 41.1 Å². The van der Waals surface area contributed by atoms with Crippen molar-refractivity contribution in [1.82, 2.24) is 19.9 Å². The zero-order chi connectivity index (χ0) is 15.7. The number of rotatable bonds is 3. The predicted octanol–water partition coefficient (Wildman–Crippen LogP) is 2.19. The number of pyridine rings is 1. The van der Waals surface area contributed by atoms with Crippen LogP contribution in [0.1, 0.15) is 24.1 Å². The summed E-state index contributed by atoms with van der Waals surface area (Å²) in [5.74, 6) is 1.50. The van der Waals surface area contributed by atoms with Crippen LogP contribution in [0, 0.1) is 13.8 Å². The molecular weight excluding hydrogens is 276 g/mol. The molecule has 3 rings (SSSR count). The van der Waals surface area contributed by atoms with Crippen LogP contribution in [-0.2, 0) is 0 Å². The summed E-state index contributed by atoms with van der Waals surface area (Å²) in [5, 5.41) is 7.65. The van der Waals surface area contributed by atoms with E-state index in [0.29, 0.717) is 12.0 Å². The second kappa shape index (κ2) is 6.04. The maximum Gasteiger partial charge on any atom is 0.226 e. The Bertz CT molecular complexity index is 684. The zero-order valence-electron chi connectivity index (χ0n) is 13.8. The van der Waals surface area contributed by atoms with Crippen molar-refractivity contribution < 1.29 is 0 Å². The van der Waals surface area contributed by atoms with Gasteiger partial charge in [-0.25, -0.2) is 4.98 Å². The predicted molar refractivity (Wildman–Crippen MR) is 90.5 cm³/mol. The number of fused-ring (bicyclic) bond motifs is 1. The average Bonchev–Trinajstić information content (AvgIpc) is 2.45. The molecule has 22 heavy (non-hydrogen) atoms. The molecule has 118 valence electrons. The maximum atomic E-state index is 4.64. The van der Waals surface area contributed by atoms with E-state index in [1.54, 1.807) is 0 Å². The van der Waals surface area contributed by atoms with Crippen LogP contribution >= 0.6 is 0 Å². The van der Waals surface area contributed by atoms with E-state index < -0.39 is 0 Å². The first-order chi connectivity index (χ1) is 10.6. The maximum absolute atomic E-state index is 4.64. The van der Waals surface area contributed by atoms with Crippen molar-refractivity contribution in [3.63, 3.8) is 0 Å². The Hall–Kier alpha value is -1.95. The first-order valence-electron chi connectivity index (χ1n) is 7.85. The van der Waals surface area contributed by atoms with Gasteiger partial charge in [0.25, 0.3) is 0 Å². The lowest BCUT2D eigenvalue weighted by Gasteiger charge is -2.30. The Morgan fingerprint density at radius 1 is 1.23 bits per heavy atom. The van der Waals surface area contributed by atoms with Crippen LogP contribution < -0.4 is 10.6 Å². The molecule has 0 radical (unpaired) electrons. The van der Waals surface area contributed by atoms with Gasteiger partial charge in [0.15, 0.2) is 5.65 Å². The van der Waals surface area contributed by atoms with Crippen molar-refractivity contribution in [3.8, 4) is 0 Å². The van der Waals surface area contributed by atoms with Crippen LogP contribution in [-0.4, -0.2) is 53.1 Å². The van der Waals surface area contributed by atoms with Gasteiger partial charge in [0.1, 0.15) is 5.82 Å². The number of hydrogen-bond donors (Lipinski definition) is 2. The SMILES string of the molecule is CNc1nc(NC2CCCN(C)C2)nc2nc(C)cc(C)c12. The third-order valence-corrected chi connectivity index (χ3v) is 4.19. The first-order valence-corrected chi connectivity index (χ1v) is 7.85. The molecule has 1 atom stereocenters. The second-order valence-corrected chi connectivity index (χ2v) is 6.17. The molecule has 0 aliphatic carbocycles. The number of anilines is 2. The van der Waals surface area contributed by atoms with Gasteiger partial charge in [-0.05, 0) is 51.9 Å². The van der Waals surface area contributed by atoms with Gasteiger partial charge < -0.3 is 15.5 Å². The van der Waals surface area contributed by atoms with E-state index in [1.807, 2.05) is 14.0 Å². The highest BCUT2D eigenvalue weighted by Gasteiger charge is 2.19. The fourth-order valence-corrected chi connectivity index (χ4v) is 3.19. The Morgan fingerprint density at radius 2 is 2.05 bits per heavy atom. The minimum absolute atomic E-state index is 0.395. The molecule has 1 aliphatic rings. The van der Waals surface area contributed by atoms with Gasteiger partial charge in [0, 0.05) is 25.3 Å². The molecule has 3 heterocycles. The molecule has 0 saturated carbocycles. The molecular formula is C16H24N6. The molecule has 6 heteroatoms. The van der Waals surface area contributed by atoms with Crippen LogP contribution in [0.4, 0.5) is 11.8 Å². The van der Waals surface area contributed by atoms with Crippen LogP contribution in [0.2, 0.25) is 0 Å². The normalized spacial score (nSPS) is 19.4. The summed E-state index contributed by atoms with van der Waals surface area (Å²) in [6.45, 7) is 6.26. The standard InChI is InChI=1S/C16H24N6/c1-10-8-11(2)18-15-13(10)14(17-3)20-16(21-15)19-12-6-5-7-22(4)9-12/h8,12H,5-7,9H2,1-4H3,(H2,17,18,19,20,21). The Morgan fingerprint density at radius 3 is 2.77 bits per heavy atom. The largest absolute Gasteiger partial charge is 0.372 e. The van der Waals surface area contributed by atoms with Crippen molar-refractivity contribution in [1.29, 1.82) is 0 Å². The zero-order valence-corrected chi connectivity index (χ0v) is 13.8. The van der Waals surface area contributed by atoms with Crippen LogP contribution in [0.15, 0.2) is 6.07 Å². The van der Waals surface area contributed by atoms with Crippen LogP contribution in [0.25, 0.3) is 11.0 Å². The van der Waals surface area contributed by atoms with E-state index >= 15 is 0 Å². The van der Waals surface area contributed by atoms with Gasteiger partial charge in [-0.2, -0.15) is 9.97 Å². The van der Waals surface area contributed by atoms with Gasteiger partial charge in [0.2, 0.25) is 5.95 Å². The number of piperidine rings is 1. The smallest absolute Gasteiger partial charge is 0.226 e. The number of nitrogens with one attached hydrogen (secondary N) is 2. The minimum atomic E-state index is 0.395. The van der Waals surface area contributed by atoms with E-state index in [9.17, 15) is 0 Å². The molecule has 1 fully saturated rings. The molecule has 2 N–H and O–H groups in total. The number of likely N-dealkylation sites (N-methyl/N-ethyl adjacent to an activating group) is 1. The van der Waals surface area contributed by atoms with E-state index in [-0.39, 0.29) is 0 Å². The molecule has 1 saturated heterocycles. The Kier molecular flexibility index (Phi) is 4.11. The fraction of sp³-hybridized carbons (Fsp3) is 0.562. The van der Waals surface area contributed by atoms with Gasteiger partial charge >= 0.3 is 0 Å². The van der Waals surface area contributed by atoms with E-state index in [2.05, 4.69) is 50.5 Å². The molecule has 0 spiro atoms. The van der Waals surface area contributed by atoms with Crippen LogP contribution in [0.5, 0.6) is 0 Å². The molecule has 2 aromatic rings. The second-order valence-electron chi connectivity index (χ2n) is 6.17. The summed E-state index contributed by atoms with van der Waals surface area (Å²) in [6.07, 6.45) is 2.36. The van der Waals surface area contributed by atoms with Gasteiger partial charge in [-0.15, -0.1) is 0 Å². The molecule has 2 aromatic heterocycles. The summed E-state index contributed by atoms with van der Waals surface area (Å²) in [5.41, 5.74) is 2.88. The highest BCUT2D eigenvalue weighted by molar-refractivity contribution is 5.90. The first kappa shape index (κ1) is 15.0. The summed E-state index contributed by atoms with van der Waals surface area (Å²) < 4.78 is 0. The van der Waals surface area contributed by atoms with Crippen molar-refractivity contribution in [2.45, 2.75) is 32.7 Å². The molecule has 0 amide bonds. The fourth-order valence-electron chi connectivity index (χ4n) is 3.19. The van der Waals surface area contributed by atoms with Crippen molar-refractivity contribution in [3.05, 3.63) is 17.3 Å². The Balaban J connectivity index is 1.96. The van der Waals surface area contributed by atoms with Crippen molar-refractivity contribution in [2.24, 2.45) is 0 Å². The number of likely N-dealkylation sites (tertiary alicyclic amines) is 1. The Labute approximate surface area is 131 Å². The third-order valence-electron chi connectivity index (χ3n) is 4.19. The van der Waals surface area contributed by atoms with Gasteiger partial charge in [0.05, 0.1) is 5.39 Å². The van der Waals surface area contributed by atoms with Crippen LogP contribution in [0.3, 0.4) is 0 Å². The lowest BCUT2D eigenvalue weighted by atomic mass is 10.1. The highest BCUT2D eigenvalue weighted by atomic mass is 15.2. The minimum Gasteiger partial charge on any atom is -0.372 e. The molecule has 0 bridgehead atoms. The summed E-state index contributed by atoms with van der Waals surface area (Å²) in [6, 6.07) is 2.46. The molecule has 0 aromatic carbocycles. The third kappa shape index (κ3) is 2.97. The quantitative estimate of drug-likeness (QED) is 0.906. The van der Waals surface area contributed by atoms with Crippen molar-refractivity contribution >= 4 is 22.8 Å². The molecule has 1 aliphatic heterocycles. The summed E-state index contributed by atoms with van der Waals surface area (Å²) in [4.78, 5) is 16.2. The number of aryl methyl sites for hydroxylation is 2. The topological polar surface area (TPSA) is 66.0 Å². The van der Waals surface area contributed by atoms with E-state index in [4.69, 9.17) is 0 Å². The monoisotopic (exact) mass is 300 g/mol. The summed E-state index contributed by atoms with van der Waals surface area (Å²) >= 11 is 0. The van der Waals surface area contributed by atoms with Gasteiger partial charge in [-0.3, -0.25) is 0 Å². The summed E-state index contributed by atoms with van der Waals surface area (Å²) in [7, 11) is 4.04. The molecule has 6 nitrogen and oxygen atoms in total. The van der Waals surface area contributed by atoms with Gasteiger partial charge in [-0.1, -0.05) is 0 Å². The number of hydrogen-bond acceptors (Lipinski definition) is 6. The number of nitrogens with zero attached hydrogens (tertiary/aromatic N) is 4. The van der Waals surface area contributed by atoms with E-state index in [1.165, 1.54) is 13.0 Å². The highest BCUT2D eigenvalue weighted by Crippen LogP contribution is 2.25. The lowest BCUT2D eigenvalue weighted by molar-refractivity contribution is 0.260. The average molecular weight is 300 g/mol. The molecule has 1 unspecified atom stereocenters.